The second-order valence-corrected chi connectivity index (χ2v) is 6.15. The maximum Gasteiger partial charge on any atom is 0.138 e. The van der Waals surface area contributed by atoms with Gasteiger partial charge in [0.25, 0.3) is 0 Å². The van der Waals surface area contributed by atoms with E-state index in [2.05, 4.69) is 32.1 Å². The van der Waals surface area contributed by atoms with E-state index in [1.54, 1.807) is 18.3 Å². The van der Waals surface area contributed by atoms with Crippen LogP contribution in [0.3, 0.4) is 0 Å². The monoisotopic (exact) mass is 338 g/mol. The second kappa shape index (κ2) is 5.67. The van der Waals surface area contributed by atoms with Crippen LogP contribution in [0.2, 0.25) is 0 Å². The highest BCUT2D eigenvalue weighted by Gasteiger charge is 2.10. The van der Waals surface area contributed by atoms with Crippen molar-refractivity contribution in [3.63, 3.8) is 0 Å². The summed E-state index contributed by atoms with van der Waals surface area (Å²) < 4.78 is 0. The van der Waals surface area contributed by atoms with Gasteiger partial charge in [-0.25, -0.2) is 4.98 Å². The maximum absolute atomic E-state index is 9.49. The number of benzene rings is 1. The SMILES string of the molecule is Oc1ccc(-c2cnc3[nH]c4cnc(-c5cccnc5)cc4c3c2)cc1. The molecule has 4 aromatic heterocycles. The van der Waals surface area contributed by atoms with Gasteiger partial charge in [0, 0.05) is 40.5 Å². The first-order valence-corrected chi connectivity index (χ1v) is 8.25. The molecule has 26 heavy (non-hydrogen) atoms. The molecule has 5 nitrogen and oxygen atoms in total. The highest BCUT2D eigenvalue weighted by atomic mass is 16.3. The molecule has 0 aliphatic heterocycles. The number of nitrogens with zero attached hydrogens (tertiary/aromatic N) is 3. The predicted molar refractivity (Wildman–Crippen MR) is 102 cm³/mol. The Morgan fingerprint density at radius 2 is 1.65 bits per heavy atom. The van der Waals surface area contributed by atoms with E-state index in [0.717, 1.165) is 44.3 Å². The van der Waals surface area contributed by atoms with Crippen molar-refractivity contribution in [2.45, 2.75) is 0 Å². The fourth-order valence-electron chi connectivity index (χ4n) is 3.16. The summed E-state index contributed by atoms with van der Waals surface area (Å²) in [5.74, 6) is 0.252. The Bertz CT molecular complexity index is 1230. The number of phenols is 1. The number of hydrogen-bond donors (Lipinski definition) is 2. The highest BCUT2D eigenvalue weighted by Crippen LogP contribution is 2.30. The summed E-state index contributed by atoms with van der Waals surface area (Å²) in [6.07, 6.45) is 7.23. The predicted octanol–water partition coefficient (Wildman–Crippen LogP) is 4.55. The van der Waals surface area contributed by atoms with Crippen LogP contribution >= 0.6 is 0 Å². The molecule has 0 amide bonds. The quantitative estimate of drug-likeness (QED) is 0.495. The second-order valence-electron chi connectivity index (χ2n) is 6.15. The van der Waals surface area contributed by atoms with Crippen molar-refractivity contribution in [3.05, 3.63) is 73.3 Å². The molecule has 5 aromatic rings. The zero-order valence-electron chi connectivity index (χ0n) is 13.7. The number of H-pyrrole nitrogens is 1. The van der Waals surface area contributed by atoms with Gasteiger partial charge in [0.2, 0.25) is 0 Å². The lowest BCUT2D eigenvalue weighted by atomic mass is 10.1. The van der Waals surface area contributed by atoms with E-state index in [9.17, 15) is 5.11 Å². The Kier molecular flexibility index (Phi) is 3.18. The lowest BCUT2D eigenvalue weighted by Crippen LogP contribution is -1.84. The number of pyridine rings is 3. The normalized spacial score (nSPS) is 11.2. The fourth-order valence-corrected chi connectivity index (χ4v) is 3.16. The molecular formula is C21H14N4O. The number of aromatic nitrogens is 4. The van der Waals surface area contributed by atoms with Crippen LogP contribution in [0.1, 0.15) is 0 Å². The standard InChI is InChI=1S/C21H14N4O/c26-16-5-3-13(4-6-16)15-8-18-17-9-19(14-2-1-7-22-10-14)23-12-20(17)25-21(18)24-11-15/h1-12,26H,(H,24,25). The molecule has 0 unspecified atom stereocenters. The molecule has 0 fully saturated rings. The van der Waals surface area contributed by atoms with Gasteiger partial charge in [0.15, 0.2) is 0 Å². The molecule has 0 radical (unpaired) electrons. The van der Waals surface area contributed by atoms with E-state index in [1.165, 1.54) is 0 Å². The Balaban J connectivity index is 1.71. The van der Waals surface area contributed by atoms with Crippen molar-refractivity contribution < 1.29 is 5.11 Å². The third-order valence-electron chi connectivity index (χ3n) is 4.49. The van der Waals surface area contributed by atoms with Crippen molar-refractivity contribution in [2.24, 2.45) is 0 Å². The van der Waals surface area contributed by atoms with Gasteiger partial charge in [0.05, 0.1) is 17.4 Å². The molecule has 0 saturated carbocycles. The van der Waals surface area contributed by atoms with Crippen LogP contribution in [0, 0.1) is 0 Å². The Labute approximate surface area is 149 Å². The van der Waals surface area contributed by atoms with Crippen LogP contribution in [0.25, 0.3) is 44.3 Å². The fraction of sp³-hybridized carbons (Fsp3) is 0. The average molecular weight is 338 g/mol. The van der Waals surface area contributed by atoms with E-state index in [-0.39, 0.29) is 5.75 Å². The van der Waals surface area contributed by atoms with Gasteiger partial charge in [-0.05, 0) is 42.0 Å². The van der Waals surface area contributed by atoms with Crippen LogP contribution in [0.5, 0.6) is 5.75 Å². The highest BCUT2D eigenvalue weighted by molar-refractivity contribution is 6.07. The topological polar surface area (TPSA) is 74.7 Å². The minimum absolute atomic E-state index is 0.252. The molecule has 0 aliphatic carbocycles. The smallest absolute Gasteiger partial charge is 0.138 e. The number of fused-ring (bicyclic) bond motifs is 3. The van der Waals surface area contributed by atoms with E-state index in [4.69, 9.17) is 0 Å². The summed E-state index contributed by atoms with van der Waals surface area (Å²) in [6.45, 7) is 0. The molecule has 1 aromatic carbocycles. The molecule has 0 spiro atoms. The van der Waals surface area contributed by atoms with Crippen LogP contribution in [0.15, 0.2) is 73.3 Å². The average Bonchev–Trinajstić information content (AvgIpc) is 3.06. The number of phenolic OH excluding ortho intramolecular Hbond substituents is 1. The maximum atomic E-state index is 9.49. The Hall–Kier alpha value is -3.73. The van der Waals surface area contributed by atoms with E-state index < -0.39 is 0 Å². The van der Waals surface area contributed by atoms with Crippen LogP contribution in [-0.2, 0) is 0 Å². The van der Waals surface area contributed by atoms with Crippen LogP contribution in [0.4, 0.5) is 0 Å². The number of hydrogen-bond acceptors (Lipinski definition) is 4. The van der Waals surface area contributed by atoms with Crippen molar-refractivity contribution in [2.75, 3.05) is 0 Å². The molecule has 4 heterocycles. The summed E-state index contributed by atoms with van der Waals surface area (Å²) in [5, 5.41) is 11.6. The molecular weight excluding hydrogens is 324 g/mol. The number of aromatic hydroxyl groups is 1. The first-order chi connectivity index (χ1) is 12.8. The first-order valence-electron chi connectivity index (χ1n) is 8.25. The molecule has 0 saturated heterocycles. The third-order valence-corrected chi connectivity index (χ3v) is 4.49. The van der Waals surface area contributed by atoms with Crippen molar-refractivity contribution in [3.8, 4) is 28.1 Å². The minimum Gasteiger partial charge on any atom is -0.508 e. The molecule has 124 valence electrons. The summed E-state index contributed by atoms with van der Waals surface area (Å²) in [5.41, 5.74) is 5.63. The molecule has 5 heteroatoms. The van der Waals surface area contributed by atoms with E-state index >= 15 is 0 Å². The van der Waals surface area contributed by atoms with Gasteiger partial charge in [-0.2, -0.15) is 0 Å². The van der Waals surface area contributed by atoms with Gasteiger partial charge in [-0.3, -0.25) is 9.97 Å². The van der Waals surface area contributed by atoms with E-state index in [1.807, 2.05) is 42.9 Å². The number of nitrogens with one attached hydrogen (secondary N) is 1. The number of rotatable bonds is 2. The van der Waals surface area contributed by atoms with Crippen molar-refractivity contribution in [1.29, 1.82) is 0 Å². The largest absolute Gasteiger partial charge is 0.508 e. The first kappa shape index (κ1) is 14.6. The third kappa shape index (κ3) is 2.38. The minimum atomic E-state index is 0.252. The zero-order valence-corrected chi connectivity index (χ0v) is 13.7. The molecule has 0 aliphatic rings. The van der Waals surface area contributed by atoms with Gasteiger partial charge in [-0.15, -0.1) is 0 Å². The summed E-state index contributed by atoms with van der Waals surface area (Å²) in [6, 6.07) is 15.2. The lowest BCUT2D eigenvalue weighted by molar-refractivity contribution is 0.475. The van der Waals surface area contributed by atoms with Crippen LogP contribution < -0.4 is 0 Å². The number of aromatic amines is 1. The van der Waals surface area contributed by atoms with Crippen molar-refractivity contribution in [1.82, 2.24) is 19.9 Å². The summed E-state index contributed by atoms with van der Waals surface area (Å²) in [7, 11) is 0. The van der Waals surface area contributed by atoms with Gasteiger partial charge in [0.1, 0.15) is 11.4 Å². The van der Waals surface area contributed by atoms with Gasteiger partial charge >= 0.3 is 0 Å². The molecule has 0 atom stereocenters. The Morgan fingerprint density at radius 1 is 0.769 bits per heavy atom. The molecule has 2 N–H and O–H groups in total. The lowest BCUT2D eigenvalue weighted by Gasteiger charge is -2.02. The van der Waals surface area contributed by atoms with Gasteiger partial charge in [-0.1, -0.05) is 12.1 Å². The zero-order chi connectivity index (χ0) is 17.5. The van der Waals surface area contributed by atoms with Crippen molar-refractivity contribution >= 4 is 21.9 Å². The molecule has 5 rings (SSSR count). The Morgan fingerprint density at radius 3 is 2.46 bits per heavy atom. The summed E-state index contributed by atoms with van der Waals surface area (Å²) in [4.78, 5) is 16.6. The van der Waals surface area contributed by atoms with E-state index in [0.29, 0.717) is 0 Å². The molecule has 0 bridgehead atoms. The van der Waals surface area contributed by atoms with Gasteiger partial charge < -0.3 is 10.1 Å². The van der Waals surface area contributed by atoms with Crippen LogP contribution in [-0.4, -0.2) is 25.0 Å². The summed E-state index contributed by atoms with van der Waals surface area (Å²) >= 11 is 0.